The van der Waals surface area contributed by atoms with E-state index < -0.39 is 10.8 Å². The first-order chi connectivity index (χ1) is 13.0. The van der Waals surface area contributed by atoms with Crippen LogP contribution in [0, 0.1) is 12.7 Å². The van der Waals surface area contributed by atoms with Gasteiger partial charge in [0.1, 0.15) is 11.6 Å². The summed E-state index contributed by atoms with van der Waals surface area (Å²) in [6.45, 7) is 1.98. The van der Waals surface area contributed by atoms with E-state index >= 15 is 0 Å². The molecule has 27 heavy (non-hydrogen) atoms. The molecule has 1 aliphatic heterocycles. The zero-order valence-electron chi connectivity index (χ0n) is 14.7. The van der Waals surface area contributed by atoms with Crippen molar-refractivity contribution in [3.8, 4) is 5.69 Å². The Balaban J connectivity index is 1.67. The quantitative estimate of drug-likeness (QED) is 0.752. The lowest BCUT2D eigenvalue weighted by Crippen LogP contribution is -2.18. The van der Waals surface area contributed by atoms with Crippen molar-refractivity contribution in [1.29, 1.82) is 0 Å². The summed E-state index contributed by atoms with van der Waals surface area (Å²) < 4.78 is 26.7. The molecule has 0 aliphatic carbocycles. The number of rotatable bonds is 4. The Bertz CT molecular complexity index is 1040. The van der Waals surface area contributed by atoms with Gasteiger partial charge in [-0.15, -0.1) is 0 Å². The van der Waals surface area contributed by atoms with Crippen molar-refractivity contribution in [3.05, 3.63) is 76.7 Å². The predicted molar refractivity (Wildman–Crippen MR) is 103 cm³/mol. The summed E-state index contributed by atoms with van der Waals surface area (Å²) in [5, 5.41) is 7.54. The third-order valence-electron chi connectivity index (χ3n) is 4.55. The number of amides is 1. The van der Waals surface area contributed by atoms with E-state index in [-0.39, 0.29) is 18.1 Å². The van der Waals surface area contributed by atoms with Gasteiger partial charge in [-0.3, -0.25) is 9.00 Å². The summed E-state index contributed by atoms with van der Waals surface area (Å²) in [4.78, 5) is 12.6. The summed E-state index contributed by atoms with van der Waals surface area (Å²) in [5.74, 6) is 0.786. The molecule has 138 valence electrons. The number of halogens is 1. The Morgan fingerprint density at radius 2 is 1.93 bits per heavy atom. The molecule has 7 heteroatoms. The van der Waals surface area contributed by atoms with E-state index in [1.165, 1.54) is 12.1 Å². The smallest absolute Gasteiger partial charge is 0.229 e. The highest BCUT2D eigenvalue weighted by molar-refractivity contribution is 7.83. The Labute approximate surface area is 158 Å². The standard InChI is InChI=1S/C20H18FN3O2S/c1-13-4-2-3-5-18(13)24-20(16-11-27(26)12-17(16)23-24)22-19(25)10-14-6-8-15(21)9-7-14/h2-9H,10-12H2,1H3,(H,22,25)/t27-/m1/s1. The number of aryl methyl sites for hydroxylation is 1. The van der Waals surface area contributed by atoms with Crippen LogP contribution < -0.4 is 5.32 Å². The number of hydrogen-bond acceptors (Lipinski definition) is 3. The highest BCUT2D eigenvalue weighted by atomic mass is 32.2. The minimum atomic E-state index is -0.993. The first-order valence-corrected chi connectivity index (χ1v) is 10.1. The summed E-state index contributed by atoms with van der Waals surface area (Å²) in [6.07, 6.45) is 0.122. The first kappa shape index (κ1) is 17.6. The second-order valence-electron chi connectivity index (χ2n) is 6.55. The number of anilines is 1. The molecule has 2 aromatic carbocycles. The number of para-hydroxylation sites is 1. The van der Waals surface area contributed by atoms with Crippen molar-refractivity contribution in [2.45, 2.75) is 24.9 Å². The van der Waals surface area contributed by atoms with Gasteiger partial charge >= 0.3 is 0 Å². The number of aromatic nitrogens is 2. The van der Waals surface area contributed by atoms with Crippen LogP contribution in [0.2, 0.25) is 0 Å². The molecule has 4 rings (SSSR count). The first-order valence-electron chi connectivity index (χ1n) is 8.57. The molecule has 3 aromatic rings. The van der Waals surface area contributed by atoms with E-state index in [2.05, 4.69) is 10.4 Å². The van der Waals surface area contributed by atoms with Crippen molar-refractivity contribution >= 4 is 22.5 Å². The van der Waals surface area contributed by atoms with Crippen molar-refractivity contribution in [3.63, 3.8) is 0 Å². The SMILES string of the molecule is Cc1ccccc1-n1nc2c(c1NC(=O)Cc1ccc(F)cc1)C[S@@](=O)C2. The minimum Gasteiger partial charge on any atom is -0.310 e. The molecule has 1 aromatic heterocycles. The fourth-order valence-electron chi connectivity index (χ4n) is 3.20. The van der Waals surface area contributed by atoms with Gasteiger partial charge in [-0.05, 0) is 36.2 Å². The number of carbonyl (C=O) groups excluding carboxylic acids is 1. The van der Waals surface area contributed by atoms with Gasteiger partial charge in [0.2, 0.25) is 5.91 Å². The Morgan fingerprint density at radius 3 is 2.67 bits per heavy atom. The van der Waals surface area contributed by atoms with E-state index in [1.807, 2.05) is 31.2 Å². The van der Waals surface area contributed by atoms with Crippen LogP contribution in [0.15, 0.2) is 48.5 Å². The van der Waals surface area contributed by atoms with Gasteiger partial charge in [0, 0.05) is 16.4 Å². The summed E-state index contributed by atoms with van der Waals surface area (Å²) in [6, 6.07) is 13.6. The van der Waals surface area contributed by atoms with Crippen LogP contribution in [0.1, 0.15) is 22.4 Å². The number of nitrogens with one attached hydrogen (secondary N) is 1. The summed E-state index contributed by atoms with van der Waals surface area (Å²) >= 11 is 0. The van der Waals surface area contributed by atoms with E-state index in [0.717, 1.165) is 28.1 Å². The number of benzene rings is 2. The molecule has 0 saturated heterocycles. The van der Waals surface area contributed by atoms with Crippen LogP contribution in [0.3, 0.4) is 0 Å². The molecule has 0 saturated carbocycles. The average Bonchev–Trinajstić information content (AvgIpc) is 3.15. The number of carbonyl (C=O) groups is 1. The third kappa shape index (κ3) is 3.55. The summed E-state index contributed by atoms with van der Waals surface area (Å²) in [7, 11) is -0.993. The lowest BCUT2D eigenvalue weighted by atomic mass is 10.1. The van der Waals surface area contributed by atoms with E-state index in [0.29, 0.717) is 17.3 Å². The van der Waals surface area contributed by atoms with Gasteiger partial charge in [0.15, 0.2) is 0 Å². The van der Waals surface area contributed by atoms with Crippen LogP contribution in [-0.4, -0.2) is 19.9 Å². The molecule has 1 aliphatic rings. The van der Waals surface area contributed by atoms with Crippen LogP contribution in [0.25, 0.3) is 5.69 Å². The van der Waals surface area contributed by atoms with Crippen LogP contribution in [-0.2, 0) is 33.5 Å². The zero-order valence-corrected chi connectivity index (χ0v) is 15.6. The second kappa shape index (κ2) is 7.08. The third-order valence-corrected chi connectivity index (χ3v) is 5.76. The lowest BCUT2D eigenvalue weighted by molar-refractivity contribution is -0.115. The molecule has 1 atom stereocenters. The molecule has 2 heterocycles. The van der Waals surface area contributed by atoms with E-state index in [9.17, 15) is 13.4 Å². The fraction of sp³-hybridized carbons (Fsp3) is 0.200. The molecule has 0 radical (unpaired) electrons. The van der Waals surface area contributed by atoms with E-state index in [4.69, 9.17) is 0 Å². The maximum Gasteiger partial charge on any atom is 0.229 e. The van der Waals surface area contributed by atoms with E-state index in [1.54, 1.807) is 16.8 Å². The molecule has 0 unspecified atom stereocenters. The largest absolute Gasteiger partial charge is 0.310 e. The van der Waals surface area contributed by atoms with Gasteiger partial charge in [-0.25, -0.2) is 9.07 Å². The van der Waals surface area contributed by atoms with Crippen LogP contribution in [0.4, 0.5) is 10.2 Å². The highest BCUT2D eigenvalue weighted by Crippen LogP contribution is 2.32. The zero-order chi connectivity index (χ0) is 19.0. The topological polar surface area (TPSA) is 64.0 Å². The lowest BCUT2D eigenvalue weighted by Gasteiger charge is -2.13. The molecule has 0 bridgehead atoms. The minimum absolute atomic E-state index is 0.122. The van der Waals surface area contributed by atoms with Crippen LogP contribution in [0.5, 0.6) is 0 Å². The Morgan fingerprint density at radius 1 is 1.19 bits per heavy atom. The normalized spacial score (nSPS) is 15.6. The van der Waals surface area contributed by atoms with Crippen molar-refractivity contribution in [2.24, 2.45) is 0 Å². The van der Waals surface area contributed by atoms with Gasteiger partial charge < -0.3 is 5.32 Å². The monoisotopic (exact) mass is 383 g/mol. The van der Waals surface area contributed by atoms with Crippen molar-refractivity contribution in [1.82, 2.24) is 9.78 Å². The number of hydrogen-bond donors (Lipinski definition) is 1. The predicted octanol–water partition coefficient (Wildman–Crippen LogP) is 3.26. The van der Waals surface area contributed by atoms with Crippen molar-refractivity contribution < 1.29 is 13.4 Å². The Kier molecular flexibility index (Phi) is 4.61. The molecule has 0 fully saturated rings. The molecule has 5 nitrogen and oxygen atoms in total. The molecule has 0 spiro atoms. The van der Waals surface area contributed by atoms with Crippen LogP contribution >= 0.6 is 0 Å². The fourth-order valence-corrected chi connectivity index (χ4v) is 4.46. The van der Waals surface area contributed by atoms with Gasteiger partial charge in [-0.1, -0.05) is 30.3 Å². The van der Waals surface area contributed by atoms with Gasteiger partial charge in [0.05, 0.1) is 29.3 Å². The maximum absolute atomic E-state index is 13.1. The summed E-state index contributed by atoms with van der Waals surface area (Å²) in [5.41, 5.74) is 4.19. The van der Waals surface area contributed by atoms with Gasteiger partial charge in [0.25, 0.3) is 0 Å². The number of fused-ring (bicyclic) bond motifs is 1. The highest BCUT2D eigenvalue weighted by Gasteiger charge is 2.28. The molecule has 1 N–H and O–H groups in total. The molecule has 1 amide bonds. The van der Waals surface area contributed by atoms with Gasteiger partial charge in [-0.2, -0.15) is 5.10 Å². The maximum atomic E-state index is 13.1. The molecular weight excluding hydrogens is 365 g/mol. The molecular formula is C20H18FN3O2S. The number of nitrogens with zero attached hydrogens (tertiary/aromatic N) is 2. The van der Waals surface area contributed by atoms with Crippen molar-refractivity contribution in [2.75, 3.05) is 5.32 Å². The second-order valence-corrected chi connectivity index (χ2v) is 8.01. The average molecular weight is 383 g/mol. The Hall–Kier alpha value is -2.80.